The van der Waals surface area contributed by atoms with Crippen LogP contribution in [0.25, 0.3) is 0 Å². The first-order chi connectivity index (χ1) is 8.97. The largest absolute Gasteiger partial charge is 0.507 e. The first kappa shape index (κ1) is 13.8. The lowest BCUT2D eigenvalue weighted by Gasteiger charge is -2.08. The fourth-order valence-electron chi connectivity index (χ4n) is 1.52. The van der Waals surface area contributed by atoms with Gasteiger partial charge in [0.15, 0.2) is 0 Å². The summed E-state index contributed by atoms with van der Waals surface area (Å²) in [5, 5.41) is 12.6. The lowest BCUT2D eigenvalue weighted by atomic mass is 10.1. The normalized spacial score (nSPS) is 10.3. The van der Waals surface area contributed by atoms with E-state index in [1.165, 1.54) is 12.3 Å². The van der Waals surface area contributed by atoms with E-state index in [9.17, 15) is 9.90 Å². The van der Waals surface area contributed by atoms with Crippen molar-refractivity contribution in [2.75, 3.05) is 5.32 Å². The zero-order valence-corrected chi connectivity index (χ0v) is 12.3. The molecule has 1 heterocycles. The number of aromatic hydroxyl groups is 1. The molecule has 4 nitrogen and oxygen atoms in total. The number of phenolic OH excluding ortho intramolecular Hbond substituents is 1. The third kappa shape index (κ3) is 3.24. The Hall–Kier alpha value is -1.59. The minimum absolute atomic E-state index is 0.0657. The number of aryl methyl sites for hydroxylation is 1. The summed E-state index contributed by atoms with van der Waals surface area (Å²) >= 11 is 8.99. The number of anilines is 1. The van der Waals surface area contributed by atoms with Gasteiger partial charge >= 0.3 is 0 Å². The van der Waals surface area contributed by atoms with Gasteiger partial charge in [0, 0.05) is 0 Å². The van der Waals surface area contributed by atoms with E-state index in [0.29, 0.717) is 15.3 Å². The zero-order chi connectivity index (χ0) is 14.0. The van der Waals surface area contributed by atoms with E-state index in [0.717, 1.165) is 5.56 Å². The van der Waals surface area contributed by atoms with Crippen molar-refractivity contribution in [2.24, 2.45) is 0 Å². The number of halogens is 2. The van der Waals surface area contributed by atoms with Gasteiger partial charge in [-0.3, -0.25) is 4.79 Å². The van der Waals surface area contributed by atoms with Gasteiger partial charge in [0.05, 0.1) is 21.9 Å². The number of phenols is 1. The van der Waals surface area contributed by atoms with Gasteiger partial charge in [0.1, 0.15) is 10.9 Å². The summed E-state index contributed by atoms with van der Waals surface area (Å²) in [5.74, 6) is -0.471. The zero-order valence-electron chi connectivity index (χ0n) is 9.95. The quantitative estimate of drug-likeness (QED) is 0.818. The lowest BCUT2D eigenvalue weighted by Crippen LogP contribution is -2.12. The molecule has 0 spiro atoms. The molecular formula is C13H10BrClN2O2. The summed E-state index contributed by atoms with van der Waals surface area (Å²) < 4.78 is 0.584. The number of carbonyl (C=O) groups excluding carboxylic acids is 1. The molecule has 0 aliphatic carbocycles. The third-order valence-corrected chi connectivity index (χ3v) is 3.58. The Labute approximate surface area is 123 Å². The Morgan fingerprint density at radius 2 is 2.16 bits per heavy atom. The van der Waals surface area contributed by atoms with Crippen molar-refractivity contribution >= 4 is 39.1 Å². The number of hydrogen-bond acceptors (Lipinski definition) is 3. The van der Waals surface area contributed by atoms with Crippen LogP contribution in [0.1, 0.15) is 15.9 Å². The molecule has 98 valence electrons. The summed E-state index contributed by atoms with van der Waals surface area (Å²) in [6.45, 7) is 1.84. The highest BCUT2D eigenvalue weighted by Gasteiger charge is 2.12. The van der Waals surface area contributed by atoms with Gasteiger partial charge in [0.25, 0.3) is 5.91 Å². The highest BCUT2D eigenvalue weighted by Crippen LogP contribution is 2.24. The molecule has 6 heteroatoms. The molecule has 0 radical (unpaired) electrons. The number of amides is 1. The second kappa shape index (κ2) is 5.59. The van der Waals surface area contributed by atoms with Gasteiger partial charge in [0.2, 0.25) is 0 Å². The van der Waals surface area contributed by atoms with Crippen LogP contribution in [0.15, 0.2) is 34.9 Å². The van der Waals surface area contributed by atoms with Crippen molar-refractivity contribution in [3.05, 3.63) is 51.2 Å². The van der Waals surface area contributed by atoms with Crippen LogP contribution in [0.2, 0.25) is 5.15 Å². The van der Waals surface area contributed by atoms with Crippen LogP contribution >= 0.6 is 27.5 Å². The predicted molar refractivity (Wildman–Crippen MR) is 77.7 cm³/mol. The summed E-state index contributed by atoms with van der Waals surface area (Å²) in [6, 6.07) is 6.47. The van der Waals surface area contributed by atoms with E-state index in [-0.39, 0.29) is 11.3 Å². The van der Waals surface area contributed by atoms with E-state index in [1.807, 2.05) is 6.92 Å². The van der Waals surface area contributed by atoms with Gasteiger partial charge < -0.3 is 10.4 Å². The molecule has 0 aliphatic heterocycles. The average Bonchev–Trinajstić information content (AvgIpc) is 2.36. The fraction of sp³-hybridized carbons (Fsp3) is 0.0769. The van der Waals surface area contributed by atoms with E-state index < -0.39 is 5.91 Å². The summed E-state index contributed by atoms with van der Waals surface area (Å²) in [7, 11) is 0. The Morgan fingerprint density at radius 3 is 2.84 bits per heavy atom. The minimum Gasteiger partial charge on any atom is -0.507 e. The van der Waals surface area contributed by atoms with Crippen molar-refractivity contribution in [3.8, 4) is 5.75 Å². The number of rotatable bonds is 2. The molecule has 0 bridgehead atoms. The van der Waals surface area contributed by atoms with Crippen LogP contribution in [0.4, 0.5) is 5.69 Å². The Kier molecular flexibility index (Phi) is 4.07. The maximum absolute atomic E-state index is 12.0. The van der Waals surface area contributed by atoms with Crippen molar-refractivity contribution in [1.29, 1.82) is 0 Å². The molecule has 1 aromatic heterocycles. The fourth-order valence-corrected chi connectivity index (χ4v) is 1.97. The average molecular weight is 342 g/mol. The van der Waals surface area contributed by atoms with Gasteiger partial charge in [-0.25, -0.2) is 4.98 Å². The molecular weight excluding hydrogens is 332 g/mol. The molecule has 0 saturated heterocycles. The standard InChI is InChI=1S/C13H10BrClN2O2/c1-7-2-3-11(18)9(4-7)13(19)17-8-5-10(14)12(15)16-6-8/h2-6,18H,1H3,(H,17,19). The van der Waals surface area contributed by atoms with Crippen molar-refractivity contribution in [1.82, 2.24) is 4.98 Å². The van der Waals surface area contributed by atoms with Crippen molar-refractivity contribution in [2.45, 2.75) is 6.92 Å². The van der Waals surface area contributed by atoms with Gasteiger partial charge in [-0.1, -0.05) is 23.2 Å². The van der Waals surface area contributed by atoms with Crippen LogP contribution in [0, 0.1) is 6.92 Å². The number of pyridine rings is 1. The number of hydrogen-bond donors (Lipinski definition) is 2. The smallest absolute Gasteiger partial charge is 0.259 e. The number of carbonyl (C=O) groups is 1. The number of aromatic nitrogens is 1. The van der Waals surface area contributed by atoms with E-state index >= 15 is 0 Å². The summed E-state index contributed by atoms with van der Waals surface area (Å²) in [6.07, 6.45) is 1.44. The van der Waals surface area contributed by atoms with Crippen LogP contribution in [0.3, 0.4) is 0 Å². The molecule has 1 amide bonds. The molecule has 0 unspecified atom stereocenters. The van der Waals surface area contributed by atoms with Crippen LogP contribution < -0.4 is 5.32 Å². The topological polar surface area (TPSA) is 62.2 Å². The Morgan fingerprint density at radius 1 is 1.42 bits per heavy atom. The summed E-state index contributed by atoms with van der Waals surface area (Å²) in [5.41, 5.74) is 1.59. The molecule has 2 N–H and O–H groups in total. The lowest BCUT2D eigenvalue weighted by molar-refractivity contribution is 0.102. The highest BCUT2D eigenvalue weighted by atomic mass is 79.9. The number of nitrogens with zero attached hydrogens (tertiary/aromatic N) is 1. The van der Waals surface area contributed by atoms with Crippen LogP contribution in [-0.2, 0) is 0 Å². The van der Waals surface area contributed by atoms with Crippen LogP contribution in [0.5, 0.6) is 5.75 Å². The van der Waals surface area contributed by atoms with E-state index in [4.69, 9.17) is 11.6 Å². The highest BCUT2D eigenvalue weighted by molar-refractivity contribution is 9.10. The first-order valence-electron chi connectivity index (χ1n) is 5.39. The molecule has 0 saturated carbocycles. The van der Waals surface area contributed by atoms with Gasteiger partial charge in [-0.15, -0.1) is 0 Å². The molecule has 1 aromatic carbocycles. The molecule has 2 aromatic rings. The second-order valence-corrected chi connectivity index (χ2v) is 5.18. The molecule has 0 fully saturated rings. The maximum Gasteiger partial charge on any atom is 0.259 e. The summed E-state index contributed by atoms with van der Waals surface area (Å²) in [4.78, 5) is 15.9. The number of benzene rings is 1. The SMILES string of the molecule is Cc1ccc(O)c(C(=O)Nc2cnc(Cl)c(Br)c2)c1. The Balaban J connectivity index is 2.25. The third-order valence-electron chi connectivity index (χ3n) is 2.45. The molecule has 2 rings (SSSR count). The maximum atomic E-state index is 12.0. The van der Waals surface area contributed by atoms with Crippen molar-refractivity contribution in [3.63, 3.8) is 0 Å². The first-order valence-corrected chi connectivity index (χ1v) is 6.56. The van der Waals surface area contributed by atoms with Crippen molar-refractivity contribution < 1.29 is 9.90 Å². The van der Waals surface area contributed by atoms with Crippen LogP contribution in [-0.4, -0.2) is 16.0 Å². The molecule has 19 heavy (non-hydrogen) atoms. The Bertz CT molecular complexity index is 647. The minimum atomic E-state index is -0.405. The van der Waals surface area contributed by atoms with E-state index in [2.05, 4.69) is 26.2 Å². The van der Waals surface area contributed by atoms with Gasteiger partial charge in [-0.05, 0) is 41.1 Å². The molecule has 0 aliphatic rings. The molecule has 0 atom stereocenters. The number of nitrogens with one attached hydrogen (secondary N) is 1. The second-order valence-electron chi connectivity index (χ2n) is 3.97. The van der Waals surface area contributed by atoms with Gasteiger partial charge in [-0.2, -0.15) is 0 Å². The van der Waals surface area contributed by atoms with E-state index in [1.54, 1.807) is 18.2 Å². The predicted octanol–water partition coefficient (Wildman–Crippen LogP) is 3.76. The monoisotopic (exact) mass is 340 g/mol.